The number of hydrogen-bond acceptors (Lipinski definition) is 5. The van der Waals surface area contributed by atoms with Crippen molar-refractivity contribution in [3.63, 3.8) is 0 Å². The minimum absolute atomic E-state index is 0.284. The zero-order chi connectivity index (χ0) is 17.7. The van der Waals surface area contributed by atoms with Gasteiger partial charge < -0.3 is 5.32 Å². The molecule has 0 aliphatic carbocycles. The third kappa shape index (κ3) is 4.88. The monoisotopic (exact) mass is 357 g/mol. The minimum Gasteiger partial charge on any atom is -0.381 e. The summed E-state index contributed by atoms with van der Waals surface area (Å²) < 4.78 is 24.7. The predicted molar refractivity (Wildman–Crippen MR) is 97.3 cm³/mol. The molecule has 3 rings (SSSR count). The molecule has 0 spiro atoms. The first kappa shape index (κ1) is 17.1. The second kappa shape index (κ2) is 7.45. The summed E-state index contributed by atoms with van der Waals surface area (Å²) in [5.41, 5.74) is 4.81. The molecule has 3 aromatic rings. The number of nitrogens with zero attached hydrogens (tertiary/aromatic N) is 2. The summed E-state index contributed by atoms with van der Waals surface area (Å²) in [7, 11) is -3.18. The van der Waals surface area contributed by atoms with Gasteiger partial charge in [-0.25, -0.2) is 13.1 Å². The van der Waals surface area contributed by atoms with E-state index in [-0.39, 0.29) is 6.54 Å². The van der Waals surface area contributed by atoms with E-state index in [0.717, 1.165) is 34.3 Å². The number of anilines is 1. The van der Waals surface area contributed by atoms with Gasteiger partial charge in [0.1, 0.15) is 0 Å². The van der Waals surface area contributed by atoms with Gasteiger partial charge in [0.05, 0.1) is 18.1 Å². The second-order valence-corrected chi connectivity index (χ2v) is 7.49. The highest BCUT2D eigenvalue weighted by Gasteiger charge is 2.07. The highest BCUT2D eigenvalue weighted by molar-refractivity contribution is 7.88. The van der Waals surface area contributed by atoms with Gasteiger partial charge in [0.15, 0.2) is 0 Å². The number of H-pyrrole nitrogens is 1. The minimum atomic E-state index is -3.18. The van der Waals surface area contributed by atoms with Crippen molar-refractivity contribution in [3.05, 3.63) is 66.1 Å². The Balaban J connectivity index is 1.62. The Kier molecular flexibility index (Phi) is 5.11. The molecule has 25 heavy (non-hydrogen) atoms. The Morgan fingerprint density at radius 1 is 1.08 bits per heavy atom. The summed E-state index contributed by atoms with van der Waals surface area (Å²) >= 11 is 0. The molecule has 1 aromatic carbocycles. The summed E-state index contributed by atoms with van der Waals surface area (Å²) in [5, 5.41) is 10.5. The Labute approximate surface area is 146 Å². The molecule has 8 heteroatoms. The first-order chi connectivity index (χ1) is 12.0. The van der Waals surface area contributed by atoms with Gasteiger partial charge in [-0.2, -0.15) is 5.10 Å². The van der Waals surface area contributed by atoms with Crippen molar-refractivity contribution in [2.45, 2.75) is 13.1 Å². The van der Waals surface area contributed by atoms with Crippen molar-refractivity contribution >= 4 is 15.7 Å². The van der Waals surface area contributed by atoms with Crippen LogP contribution >= 0.6 is 0 Å². The van der Waals surface area contributed by atoms with E-state index in [2.05, 4.69) is 25.2 Å². The zero-order valence-electron chi connectivity index (χ0n) is 13.7. The molecule has 0 aliphatic rings. The van der Waals surface area contributed by atoms with E-state index in [1.807, 2.05) is 36.4 Å². The number of pyridine rings is 1. The second-order valence-electron chi connectivity index (χ2n) is 5.66. The van der Waals surface area contributed by atoms with Crippen LogP contribution in [0.5, 0.6) is 0 Å². The molecule has 130 valence electrons. The van der Waals surface area contributed by atoms with Crippen LogP contribution < -0.4 is 10.0 Å². The van der Waals surface area contributed by atoms with Gasteiger partial charge in [-0.1, -0.05) is 12.1 Å². The Morgan fingerprint density at radius 2 is 1.88 bits per heavy atom. The first-order valence-corrected chi connectivity index (χ1v) is 9.60. The van der Waals surface area contributed by atoms with Crippen molar-refractivity contribution in [1.82, 2.24) is 19.9 Å². The molecule has 0 saturated heterocycles. The highest BCUT2D eigenvalue weighted by atomic mass is 32.2. The van der Waals surface area contributed by atoms with Crippen molar-refractivity contribution in [2.75, 3.05) is 11.6 Å². The molecule has 0 amide bonds. The Bertz CT molecular complexity index is 921. The number of sulfonamides is 1. The fraction of sp³-hybridized carbons (Fsp3) is 0.176. The maximum absolute atomic E-state index is 11.1. The molecule has 0 radical (unpaired) electrons. The van der Waals surface area contributed by atoms with E-state index in [9.17, 15) is 8.42 Å². The number of aromatic amines is 1. The van der Waals surface area contributed by atoms with E-state index >= 15 is 0 Å². The molecule has 0 unspecified atom stereocenters. The molecule has 3 N–H and O–H groups in total. The van der Waals surface area contributed by atoms with Crippen LogP contribution in [0.15, 0.2) is 55.0 Å². The summed E-state index contributed by atoms with van der Waals surface area (Å²) in [6.45, 7) is 0.896. The lowest BCUT2D eigenvalue weighted by Crippen LogP contribution is -2.21. The van der Waals surface area contributed by atoms with Gasteiger partial charge in [0.2, 0.25) is 10.0 Å². The van der Waals surface area contributed by atoms with Crippen LogP contribution in [0.4, 0.5) is 5.69 Å². The van der Waals surface area contributed by atoms with E-state index in [0.29, 0.717) is 6.54 Å². The summed E-state index contributed by atoms with van der Waals surface area (Å²) in [6.07, 6.45) is 6.46. The molecule has 0 fully saturated rings. The normalized spacial score (nSPS) is 11.4. The van der Waals surface area contributed by atoms with Crippen LogP contribution in [-0.4, -0.2) is 29.9 Å². The predicted octanol–water partition coefficient (Wildman–Crippen LogP) is 2.13. The van der Waals surface area contributed by atoms with Crippen LogP contribution in [0.25, 0.3) is 11.3 Å². The van der Waals surface area contributed by atoms with Crippen molar-refractivity contribution in [2.24, 2.45) is 0 Å². The lowest BCUT2D eigenvalue weighted by atomic mass is 10.1. The number of benzene rings is 1. The smallest absolute Gasteiger partial charge is 0.209 e. The lowest BCUT2D eigenvalue weighted by Gasteiger charge is -2.08. The van der Waals surface area contributed by atoms with Crippen molar-refractivity contribution in [3.8, 4) is 11.3 Å². The lowest BCUT2D eigenvalue weighted by molar-refractivity contribution is 0.587. The van der Waals surface area contributed by atoms with Crippen LogP contribution in [0.3, 0.4) is 0 Å². The average molecular weight is 357 g/mol. The Hall–Kier alpha value is -2.71. The maximum Gasteiger partial charge on any atom is 0.209 e. The van der Waals surface area contributed by atoms with Crippen molar-refractivity contribution in [1.29, 1.82) is 0 Å². The third-order valence-electron chi connectivity index (χ3n) is 3.64. The molecule has 0 aliphatic heterocycles. The fourth-order valence-corrected chi connectivity index (χ4v) is 2.79. The molecule has 0 bridgehead atoms. The van der Waals surface area contributed by atoms with Gasteiger partial charge in [-0.3, -0.25) is 10.1 Å². The van der Waals surface area contributed by atoms with Crippen molar-refractivity contribution < 1.29 is 8.42 Å². The highest BCUT2D eigenvalue weighted by Crippen LogP contribution is 2.21. The van der Waals surface area contributed by atoms with Crippen LogP contribution in [-0.2, 0) is 23.1 Å². The third-order valence-corrected chi connectivity index (χ3v) is 4.31. The van der Waals surface area contributed by atoms with Gasteiger partial charge in [0.25, 0.3) is 0 Å². The number of rotatable bonds is 7. The molecule has 0 atom stereocenters. The van der Waals surface area contributed by atoms with E-state index in [1.165, 1.54) is 0 Å². The number of hydrogen-bond donors (Lipinski definition) is 3. The van der Waals surface area contributed by atoms with E-state index in [4.69, 9.17) is 0 Å². The van der Waals surface area contributed by atoms with Gasteiger partial charge in [-0.15, -0.1) is 0 Å². The molecular formula is C17H19N5O2S. The largest absolute Gasteiger partial charge is 0.381 e. The molecule has 2 heterocycles. The molecular weight excluding hydrogens is 338 g/mol. The average Bonchev–Trinajstić information content (AvgIpc) is 3.08. The summed E-state index contributed by atoms with van der Waals surface area (Å²) in [4.78, 5) is 4.13. The zero-order valence-corrected chi connectivity index (χ0v) is 14.5. The fourth-order valence-electron chi connectivity index (χ4n) is 2.36. The number of nitrogens with one attached hydrogen (secondary N) is 3. The van der Waals surface area contributed by atoms with Crippen LogP contribution in [0.1, 0.15) is 11.1 Å². The number of aromatic nitrogens is 3. The topological polar surface area (TPSA) is 99.8 Å². The summed E-state index contributed by atoms with van der Waals surface area (Å²) in [5.74, 6) is 0. The Morgan fingerprint density at radius 3 is 2.56 bits per heavy atom. The maximum atomic E-state index is 11.1. The molecule has 0 saturated carbocycles. The van der Waals surface area contributed by atoms with E-state index < -0.39 is 10.0 Å². The SMILES string of the molecule is CS(=O)(=O)NCc1ccc(NCc2cn[nH]c2-c2cccnc2)cc1. The van der Waals surface area contributed by atoms with Gasteiger partial charge in [0, 0.05) is 42.3 Å². The van der Waals surface area contributed by atoms with Crippen LogP contribution in [0.2, 0.25) is 0 Å². The van der Waals surface area contributed by atoms with Crippen LogP contribution in [0, 0.1) is 0 Å². The molecule has 2 aromatic heterocycles. The van der Waals surface area contributed by atoms with Gasteiger partial charge in [-0.05, 0) is 29.8 Å². The molecule has 7 nitrogen and oxygen atoms in total. The standard InChI is InChI=1S/C17H19N5O2S/c1-25(23,24)21-9-13-4-6-16(7-5-13)19-11-15-12-20-22-17(15)14-3-2-8-18-10-14/h2-8,10,12,19,21H,9,11H2,1H3,(H,20,22). The first-order valence-electron chi connectivity index (χ1n) is 7.71. The summed E-state index contributed by atoms with van der Waals surface area (Å²) in [6, 6.07) is 11.5. The van der Waals surface area contributed by atoms with E-state index in [1.54, 1.807) is 18.6 Å². The van der Waals surface area contributed by atoms with Gasteiger partial charge >= 0.3 is 0 Å². The quantitative estimate of drug-likeness (QED) is 0.601.